The van der Waals surface area contributed by atoms with E-state index in [4.69, 9.17) is 29.9 Å². The molecule has 0 unspecified atom stereocenters. The Morgan fingerprint density at radius 1 is 0.164 bits per heavy atom. The molecule has 0 bridgehead atoms. The number of benzene rings is 20. The van der Waals surface area contributed by atoms with Crippen molar-refractivity contribution in [2.24, 2.45) is 0 Å². The summed E-state index contributed by atoms with van der Waals surface area (Å²) in [7, 11) is 0. The molecule has 25 aromatic rings. The van der Waals surface area contributed by atoms with Gasteiger partial charge in [-0.2, -0.15) is 0 Å². The van der Waals surface area contributed by atoms with Gasteiger partial charge in [-0.05, 0) is 180 Å². The summed E-state index contributed by atoms with van der Waals surface area (Å²) in [5.74, 6) is 3.04. The smallest absolute Gasteiger partial charge is 0.235 e. The van der Waals surface area contributed by atoms with Gasteiger partial charge in [0.25, 0.3) is 0 Å². The molecule has 0 radical (unpaired) electrons. The lowest BCUT2D eigenvalue weighted by Gasteiger charge is -2.11. The maximum atomic E-state index is 5.09. The molecule has 0 spiro atoms. The highest BCUT2D eigenvalue weighted by molar-refractivity contribution is 6.19. The van der Waals surface area contributed by atoms with Crippen molar-refractivity contribution in [1.29, 1.82) is 0 Å². The molecule has 20 aromatic carbocycles. The summed E-state index contributed by atoms with van der Waals surface area (Å²) in [6.07, 6.45) is 0. The van der Waals surface area contributed by atoms with Gasteiger partial charge in [0.2, 0.25) is 5.95 Å². The third-order valence-corrected chi connectivity index (χ3v) is 25.9. The molecule has 27 rings (SSSR count). The Kier molecular flexibility index (Phi) is 25.3. The first kappa shape index (κ1) is 88.7. The second kappa shape index (κ2) is 39.9. The average molecular weight is 1800 g/mol. The second-order valence-electron chi connectivity index (χ2n) is 35.6. The lowest BCUT2D eigenvalue weighted by molar-refractivity contribution is 1.01. The molecule has 2 aliphatic rings. The van der Waals surface area contributed by atoms with Crippen LogP contribution < -0.4 is 0 Å². The Hall–Kier alpha value is -17.9. The van der Waals surface area contributed by atoms with E-state index in [0.717, 1.165) is 128 Å². The molecular weight excluding hydrogens is 1700 g/mol. The summed E-state index contributed by atoms with van der Waals surface area (Å²) in [6, 6.07) is 164. The number of aryl methyl sites for hydroxylation is 7. The van der Waals surface area contributed by atoms with E-state index in [2.05, 4.69) is 378 Å². The minimum absolute atomic E-state index is 0.697. The van der Waals surface area contributed by atoms with E-state index in [9.17, 15) is 0 Å². The molecule has 0 fully saturated rings. The zero-order valence-corrected chi connectivity index (χ0v) is 79.1. The molecule has 5 heterocycles. The van der Waals surface area contributed by atoms with E-state index in [1.807, 2.05) is 159 Å². The number of para-hydroxylation sites is 5. The molecule has 0 saturated heterocycles. The molecule has 0 amide bonds. The number of hydrogen-bond acceptors (Lipinski definition) is 8. The molecule has 9 nitrogen and oxygen atoms in total. The van der Waals surface area contributed by atoms with Crippen LogP contribution in [0, 0.1) is 48.5 Å². The summed E-state index contributed by atoms with van der Waals surface area (Å²) in [5.41, 5.74) is 37.8. The molecule has 0 N–H and O–H groups in total. The van der Waals surface area contributed by atoms with Crippen LogP contribution in [0.1, 0.15) is 39.2 Å². The van der Waals surface area contributed by atoms with Gasteiger partial charge < -0.3 is 0 Å². The van der Waals surface area contributed by atoms with Crippen molar-refractivity contribution in [2.75, 3.05) is 0 Å². The minimum atomic E-state index is 0.697. The zero-order valence-electron chi connectivity index (χ0n) is 79.1. The first-order chi connectivity index (χ1) is 68.8. The van der Waals surface area contributed by atoms with Crippen molar-refractivity contribution in [3.8, 4) is 129 Å². The second-order valence-corrected chi connectivity index (χ2v) is 35.6. The van der Waals surface area contributed by atoms with Gasteiger partial charge in [-0.15, -0.1) is 0 Å². The first-order valence-corrected chi connectivity index (χ1v) is 47.6. The van der Waals surface area contributed by atoms with Crippen LogP contribution >= 0.6 is 0 Å². The van der Waals surface area contributed by atoms with Crippen LogP contribution in [-0.4, -0.2) is 44.4 Å². The highest BCUT2D eigenvalue weighted by Crippen LogP contribution is 2.51. The van der Waals surface area contributed by atoms with Crippen LogP contribution in [0.15, 0.2) is 473 Å². The van der Waals surface area contributed by atoms with Crippen molar-refractivity contribution in [1.82, 2.24) is 44.4 Å². The van der Waals surface area contributed by atoms with E-state index >= 15 is 0 Å². The Labute approximate surface area is 816 Å². The van der Waals surface area contributed by atoms with Crippen LogP contribution in [0.25, 0.3) is 216 Å². The summed E-state index contributed by atoms with van der Waals surface area (Å²) in [4.78, 5) is 38.3. The molecule has 0 atom stereocenters. The molecule has 2 aliphatic carbocycles. The third kappa shape index (κ3) is 18.4. The van der Waals surface area contributed by atoms with Crippen LogP contribution in [0.4, 0.5) is 0 Å². The van der Waals surface area contributed by atoms with Gasteiger partial charge in [-0.1, -0.05) is 452 Å². The average Bonchev–Trinajstić information content (AvgIpc) is 1.58. The maximum absolute atomic E-state index is 5.09. The normalized spacial score (nSPS) is 11.1. The lowest BCUT2D eigenvalue weighted by atomic mass is 9.94. The highest BCUT2D eigenvalue weighted by atomic mass is 15.2. The van der Waals surface area contributed by atoms with E-state index < -0.39 is 0 Å². The van der Waals surface area contributed by atoms with Crippen molar-refractivity contribution < 1.29 is 0 Å². The van der Waals surface area contributed by atoms with Gasteiger partial charge in [-0.3, -0.25) is 4.57 Å². The van der Waals surface area contributed by atoms with Gasteiger partial charge in [0.15, 0.2) is 11.6 Å². The Balaban J connectivity index is 0.0000000991. The van der Waals surface area contributed by atoms with Crippen LogP contribution in [0.2, 0.25) is 0 Å². The fourth-order valence-corrected chi connectivity index (χ4v) is 19.1. The van der Waals surface area contributed by atoms with E-state index in [1.165, 1.54) is 121 Å². The largest absolute Gasteiger partial charge is 0.278 e. The van der Waals surface area contributed by atoms with Gasteiger partial charge in [-0.25, -0.2) is 39.9 Å². The molecule has 5 aromatic heterocycles. The monoisotopic (exact) mass is 1800 g/mol. The van der Waals surface area contributed by atoms with Crippen molar-refractivity contribution in [3.63, 3.8) is 0 Å². The minimum Gasteiger partial charge on any atom is -0.278 e. The molecular formula is C131H99N9. The highest BCUT2D eigenvalue weighted by Gasteiger charge is 2.25. The van der Waals surface area contributed by atoms with Crippen LogP contribution in [-0.2, 0) is 0 Å². The van der Waals surface area contributed by atoms with Gasteiger partial charge in [0.05, 0.1) is 55.9 Å². The number of aromatic nitrogens is 9. The number of rotatable bonds is 8. The predicted molar refractivity (Wildman–Crippen MR) is 587 cm³/mol. The Morgan fingerprint density at radius 3 is 0.971 bits per heavy atom. The van der Waals surface area contributed by atoms with Crippen LogP contribution in [0.3, 0.4) is 0 Å². The topological polar surface area (TPSA) is 108 Å². The Bertz CT molecular complexity index is 8790. The van der Waals surface area contributed by atoms with E-state index in [0.29, 0.717) is 5.95 Å². The first-order valence-electron chi connectivity index (χ1n) is 47.6. The predicted octanol–water partition coefficient (Wildman–Crippen LogP) is 34.1. The van der Waals surface area contributed by atoms with Crippen molar-refractivity contribution >= 4 is 87.0 Å². The summed E-state index contributed by atoms with van der Waals surface area (Å²) in [5, 5.41) is 12.3. The third-order valence-electron chi connectivity index (χ3n) is 25.9. The standard InChI is InChI=1S/C27H19N3.C23H16.2C21H16N2.C17H12.C15H12N2.C7H8/c1-18-15-16-25-22(17-18)20-11-6-8-14-24(20)30(25)27-28-23-13-7-5-12-21(23)26(29-27)19-9-3-2-4-10-19;1-15-9-11-16(12-10-15)17-13-14-22-19-6-3-2-5-18(19)21-8-4-7-20(17)23(21)22;1-15-8-7-11-17(14-15)21-22-19-13-6-5-12-18(19)20(23-21)16-9-3-2-4-10-16;1-15-11-13-17(14-12-15)21-22-19-10-6-5-9-18(19)20(23-21)16-7-3-2-4-8-16;1-11-9-10-16-14-6-3-2-5-13(14)15-8-4-7-12(11)17(15)16;1-11-16-14-10-6-5-9-13(14)15(17-11)12-7-3-2-4-8-12;1-7-5-3-2-4-6-7/h2-17H,1H3;3*2-14H,1H3;2*2-10H,1H3;2-6H,1H3. The number of fused-ring (bicyclic) bond motifs is 13. The summed E-state index contributed by atoms with van der Waals surface area (Å²) in [6.45, 7) is 14.6. The lowest BCUT2D eigenvalue weighted by Crippen LogP contribution is -2.03. The SMILES string of the molecule is Cc1ccc(-c2ccc3c4c(cccc24)-c2ccccc2-3)cc1.Cc1ccc(-c2nc(-c3ccccc3)c3ccccc3n2)cc1.Cc1ccc2c(c1)c1ccccc1n2-c1nc(-c2ccccc2)c2ccccc2n1.Cc1ccc2c3c(cccc13)-c1ccccc1-2.Cc1cccc(-c2nc(-c3ccccc3)c3ccccc3n2)c1.Cc1ccccc1.Cc1nc(-c2ccccc2)c2ccccc2n1. The Morgan fingerprint density at radius 2 is 0.486 bits per heavy atom. The molecule has 668 valence electrons. The molecule has 0 saturated carbocycles. The van der Waals surface area contributed by atoms with Crippen molar-refractivity contribution in [2.45, 2.75) is 48.5 Å². The van der Waals surface area contributed by atoms with Gasteiger partial charge >= 0.3 is 0 Å². The van der Waals surface area contributed by atoms with E-state index in [-0.39, 0.29) is 0 Å². The molecule has 9 heteroatoms. The van der Waals surface area contributed by atoms with Gasteiger partial charge in [0, 0.05) is 65.7 Å². The fraction of sp³-hybridized carbons (Fsp3) is 0.0534. The number of nitrogens with zero attached hydrogens (tertiary/aromatic N) is 9. The fourth-order valence-electron chi connectivity index (χ4n) is 19.1. The van der Waals surface area contributed by atoms with Crippen LogP contribution in [0.5, 0.6) is 0 Å². The number of hydrogen-bond donors (Lipinski definition) is 0. The molecule has 140 heavy (non-hydrogen) atoms. The summed E-state index contributed by atoms with van der Waals surface area (Å²) < 4.78 is 2.18. The maximum Gasteiger partial charge on any atom is 0.235 e. The quantitative estimate of drug-likeness (QED) is 0.148. The van der Waals surface area contributed by atoms with E-state index in [1.54, 1.807) is 0 Å². The van der Waals surface area contributed by atoms with Crippen molar-refractivity contribution in [3.05, 3.63) is 512 Å². The van der Waals surface area contributed by atoms with Gasteiger partial charge in [0.1, 0.15) is 5.82 Å². The molecule has 0 aliphatic heterocycles. The zero-order chi connectivity index (χ0) is 94.9. The summed E-state index contributed by atoms with van der Waals surface area (Å²) >= 11 is 0.